The maximum Gasteiger partial charge on any atom is 0.240 e. The van der Waals surface area contributed by atoms with Gasteiger partial charge in [0.1, 0.15) is 6.04 Å². The molecule has 0 radical (unpaired) electrons. The normalized spacial score (nSPS) is 19.0. The van der Waals surface area contributed by atoms with Crippen LogP contribution >= 0.6 is 11.8 Å². The molecule has 4 aromatic rings. The quantitative estimate of drug-likeness (QED) is 0.167. The summed E-state index contributed by atoms with van der Waals surface area (Å²) in [6.07, 6.45) is 4.38. The number of benzene rings is 3. The van der Waals surface area contributed by atoms with E-state index >= 15 is 0 Å². The molecule has 7 N–H and O–H groups in total. The van der Waals surface area contributed by atoms with E-state index in [0.29, 0.717) is 25.3 Å². The molecule has 1 aliphatic rings. The van der Waals surface area contributed by atoms with Crippen LogP contribution in [-0.2, 0) is 27.3 Å². The minimum Gasteiger partial charge on any atom is -0.368 e. The van der Waals surface area contributed by atoms with Crippen molar-refractivity contribution in [3.05, 3.63) is 84.1 Å². The number of carbonyl (C=O) groups is 3. The number of primary amides is 1. The van der Waals surface area contributed by atoms with Gasteiger partial charge in [-0.05, 0) is 47.4 Å². The van der Waals surface area contributed by atoms with Gasteiger partial charge in [0, 0.05) is 48.4 Å². The number of rotatable bonds is 11. The molecule has 226 valence electrons. The molecule has 0 spiro atoms. The molecule has 0 aliphatic carbocycles. The second-order valence-corrected chi connectivity index (χ2v) is 12.1. The van der Waals surface area contributed by atoms with Gasteiger partial charge < -0.3 is 32.0 Å². The predicted molar refractivity (Wildman–Crippen MR) is 173 cm³/mol. The van der Waals surface area contributed by atoms with Gasteiger partial charge in [0.2, 0.25) is 17.7 Å². The van der Waals surface area contributed by atoms with Crippen molar-refractivity contribution in [3.8, 4) is 0 Å². The number of nitrogens with zero attached hydrogens (tertiary/aromatic N) is 1. The van der Waals surface area contributed by atoms with Crippen molar-refractivity contribution >= 4 is 51.2 Å². The van der Waals surface area contributed by atoms with Crippen molar-refractivity contribution in [1.82, 2.24) is 20.5 Å². The van der Waals surface area contributed by atoms with Gasteiger partial charge >= 0.3 is 0 Å². The third-order valence-electron chi connectivity index (χ3n) is 8.13. The van der Waals surface area contributed by atoms with Gasteiger partial charge in [0.15, 0.2) is 0 Å². The fraction of sp³-hybridized carbons (Fsp3) is 0.364. The Kier molecular flexibility index (Phi) is 10.3. The fourth-order valence-electron chi connectivity index (χ4n) is 5.81. The number of carbonyl (C=O) groups excluding carboxylic acids is 3. The summed E-state index contributed by atoms with van der Waals surface area (Å²) in [5, 5.41) is 9.92. The SMILES string of the molecule is NCCCC[C@@H]1CN([C@@H](Cc2c[nH]c3ccccc23)C(N)=O)C(=O)CSC[C@H](NCc2cccc3ccccc23)C(=O)N1. The van der Waals surface area contributed by atoms with Gasteiger partial charge in [-0.25, -0.2) is 0 Å². The summed E-state index contributed by atoms with van der Waals surface area (Å²) in [7, 11) is 0. The maximum atomic E-state index is 13.7. The van der Waals surface area contributed by atoms with Crippen molar-refractivity contribution in [3.63, 3.8) is 0 Å². The van der Waals surface area contributed by atoms with Crippen LogP contribution in [0.25, 0.3) is 21.7 Å². The molecule has 3 aromatic carbocycles. The third kappa shape index (κ3) is 7.57. The number of para-hydroxylation sites is 1. The minimum absolute atomic E-state index is 0.118. The Balaban J connectivity index is 1.34. The topological polar surface area (TPSA) is 146 Å². The molecule has 1 saturated heterocycles. The standard InChI is InChI=1S/C33H40N6O3S/c34-15-6-5-11-25-19-39(30(32(35)41)16-24-18-36-28-14-4-3-13-27(24)28)31(40)21-43-20-29(33(42)38-25)37-17-23-10-7-9-22-8-1-2-12-26(22)23/h1-4,7-10,12-14,18,25,29-30,36-37H,5-6,11,15-17,19-21,34H2,(H2,35,41)(H,38,42)/t25-,29+,30+/m1/s1. The average molecular weight is 601 g/mol. The Morgan fingerprint density at radius 2 is 1.77 bits per heavy atom. The molecule has 10 heteroatoms. The van der Waals surface area contributed by atoms with E-state index in [9.17, 15) is 14.4 Å². The summed E-state index contributed by atoms with van der Waals surface area (Å²) in [4.78, 5) is 45.0. The van der Waals surface area contributed by atoms with E-state index in [1.54, 1.807) is 4.90 Å². The summed E-state index contributed by atoms with van der Waals surface area (Å²) in [5.74, 6) is -0.293. The van der Waals surface area contributed by atoms with Crippen LogP contribution in [0, 0.1) is 0 Å². The van der Waals surface area contributed by atoms with Crippen LogP contribution in [0.3, 0.4) is 0 Å². The molecule has 1 aliphatic heterocycles. The lowest BCUT2D eigenvalue weighted by Gasteiger charge is -2.35. The van der Waals surface area contributed by atoms with Gasteiger partial charge in [0.25, 0.3) is 0 Å². The monoisotopic (exact) mass is 600 g/mol. The van der Waals surface area contributed by atoms with Gasteiger partial charge in [-0.1, -0.05) is 67.1 Å². The molecule has 3 atom stereocenters. The molecule has 2 heterocycles. The van der Waals surface area contributed by atoms with Gasteiger partial charge in [-0.2, -0.15) is 0 Å². The molecule has 3 amide bonds. The largest absolute Gasteiger partial charge is 0.368 e. The summed E-state index contributed by atoms with van der Waals surface area (Å²) in [6, 6.07) is 20.5. The number of nitrogens with two attached hydrogens (primary N) is 2. The van der Waals surface area contributed by atoms with E-state index in [4.69, 9.17) is 11.5 Å². The highest BCUT2D eigenvalue weighted by molar-refractivity contribution is 8.00. The molecule has 5 rings (SSSR count). The molecule has 1 aromatic heterocycles. The number of hydrogen-bond acceptors (Lipinski definition) is 6. The maximum absolute atomic E-state index is 13.7. The zero-order chi connectivity index (χ0) is 30.2. The van der Waals surface area contributed by atoms with Crippen molar-refractivity contribution in [1.29, 1.82) is 0 Å². The predicted octanol–water partition coefficient (Wildman–Crippen LogP) is 3.07. The lowest BCUT2D eigenvalue weighted by Crippen LogP contribution is -2.58. The number of thioether (sulfide) groups is 1. The van der Waals surface area contributed by atoms with Crippen LogP contribution in [0.2, 0.25) is 0 Å². The van der Waals surface area contributed by atoms with Crippen LogP contribution in [0.15, 0.2) is 72.9 Å². The number of H-pyrrole nitrogens is 1. The second kappa shape index (κ2) is 14.5. The first-order valence-electron chi connectivity index (χ1n) is 14.9. The van der Waals surface area contributed by atoms with Crippen LogP contribution < -0.4 is 22.1 Å². The molecule has 0 saturated carbocycles. The van der Waals surface area contributed by atoms with Crippen LogP contribution in [-0.4, -0.2) is 70.3 Å². The van der Waals surface area contributed by atoms with Gasteiger partial charge in [0.05, 0.1) is 11.8 Å². The first-order valence-corrected chi connectivity index (χ1v) is 16.0. The molecule has 43 heavy (non-hydrogen) atoms. The summed E-state index contributed by atoms with van der Waals surface area (Å²) in [5.41, 5.74) is 14.7. The number of nitrogens with one attached hydrogen (secondary N) is 3. The summed E-state index contributed by atoms with van der Waals surface area (Å²) in [6.45, 7) is 1.26. The van der Waals surface area contributed by atoms with Crippen molar-refractivity contribution < 1.29 is 14.4 Å². The van der Waals surface area contributed by atoms with Crippen molar-refractivity contribution in [2.45, 2.75) is 50.4 Å². The van der Waals surface area contributed by atoms with E-state index < -0.39 is 18.0 Å². The smallest absolute Gasteiger partial charge is 0.240 e. The zero-order valence-corrected chi connectivity index (χ0v) is 25.1. The van der Waals surface area contributed by atoms with E-state index in [2.05, 4.69) is 39.9 Å². The first kappa shape index (κ1) is 30.6. The Morgan fingerprint density at radius 3 is 2.58 bits per heavy atom. The van der Waals surface area contributed by atoms with Crippen molar-refractivity contribution in [2.24, 2.45) is 11.5 Å². The van der Waals surface area contributed by atoms with Crippen LogP contribution in [0.4, 0.5) is 0 Å². The number of fused-ring (bicyclic) bond motifs is 2. The highest BCUT2D eigenvalue weighted by Crippen LogP contribution is 2.23. The lowest BCUT2D eigenvalue weighted by molar-refractivity contribution is -0.138. The highest BCUT2D eigenvalue weighted by Gasteiger charge is 2.33. The summed E-state index contributed by atoms with van der Waals surface area (Å²) < 4.78 is 0. The minimum atomic E-state index is -0.846. The van der Waals surface area contributed by atoms with Gasteiger partial charge in [-0.15, -0.1) is 11.8 Å². The summed E-state index contributed by atoms with van der Waals surface area (Å²) >= 11 is 1.39. The fourth-order valence-corrected chi connectivity index (χ4v) is 6.78. The van der Waals surface area contributed by atoms with Gasteiger partial charge in [-0.3, -0.25) is 14.4 Å². The van der Waals surface area contributed by atoms with E-state index in [1.807, 2.05) is 48.7 Å². The van der Waals surface area contributed by atoms with Crippen LogP contribution in [0.5, 0.6) is 0 Å². The first-order chi connectivity index (χ1) is 20.9. The van der Waals surface area contributed by atoms with Crippen LogP contribution in [0.1, 0.15) is 30.4 Å². The Hall–Kier alpha value is -3.86. The Morgan fingerprint density at radius 1 is 1.00 bits per heavy atom. The molecule has 1 fully saturated rings. The Labute approximate surface area is 256 Å². The molecular formula is C33H40N6O3S. The molecule has 9 nitrogen and oxygen atoms in total. The zero-order valence-electron chi connectivity index (χ0n) is 24.3. The number of hydrogen-bond donors (Lipinski definition) is 5. The highest BCUT2D eigenvalue weighted by atomic mass is 32.2. The second-order valence-electron chi connectivity index (χ2n) is 11.1. The molecule has 0 bridgehead atoms. The Bertz CT molecular complexity index is 1570. The molecular weight excluding hydrogens is 560 g/mol. The van der Waals surface area contributed by atoms with E-state index in [0.717, 1.165) is 45.6 Å². The third-order valence-corrected chi connectivity index (χ3v) is 9.15. The van der Waals surface area contributed by atoms with E-state index in [-0.39, 0.29) is 36.6 Å². The number of unbranched alkanes of at least 4 members (excludes halogenated alkanes) is 1. The number of amides is 3. The lowest BCUT2D eigenvalue weighted by atomic mass is 10.0. The van der Waals surface area contributed by atoms with Crippen molar-refractivity contribution in [2.75, 3.05) is 24.6 Å². The number of aromatic nitrogens is 1. The molecule has 0 unspecified atom stereocenters. The number of aromatic amines is 1. The van der Waals surface area contributed by atoms with E-state index in [1.165, 1.54) is 11.8 Å². The average Bonchev–Trinajstić information content (AvgIpc) is 3.42.